The number of amides is 1. The zero-order valence-electron chi connectivity index (χ0n) is 10.7. The van der Waals surface area contributed by atoms with Crippen LogP contribution in [0.2, 0.25) is 0 Å². The predicted octanol–water partition coefficient (Wildman–Crippen LogP) is 2.07. The molecule has 1 saturated heterocycles. The van der Waals surface area contributed by atoms with Crippen LogP contribution in [0.3, 0.4) is 0 Å². The maximum absolute atomic E-state index is 11.8. The molecule has 2 N–H and O–H groups in total. The molecule has 0 radical (unpaired) electrons. The molecule has 3 heteroatoms. The molecule has 0 aromatic rings. The summed E-state index contributed by atoms with van der Waals surface area (Å²) < 4.78 is 0. The Morgan fingerprint density at radius 2 is 2.12 bits per heavy atom. The van der Waals surface area contributed by atoms with Crippen LogP contribution in [0, 0.1) is 5.92 Å². The summed E-state index contributed by atoms with van der Waals surface area (Å²) in [6.45, 7) is 6.08. The molecule has 0 spiro atoms. The van der Waals surface area contributed by atoms with E-state index in [2.05, 4.69) is 24.5 Å². The molecule has 0 bridgehead atoms. The lowest BCUT2D eigenvalue weighted by atomic mass is 9.95. The van der Waals surface area contributed by atoms with E-state index in [1.54, 1.807) is 0 Å². The van der Waals surface area contributed by atoms with Gasteiger partial charge < -0.3 is 10.6 Å². The number of nitrogens with one attached hydrogen (secondary N) is 2. The summed E-state index contributed by atoms with van der Waals surface area (Å²) in [6, 6.07) is 0.577. The van der Waals surface area contributed by atoms with Gasteiger partial charge in [-0.2, -0.15) is 0 Å². The zero-order valence-corrected chi connectivity index (χ0v) is 10.7. The van der Waals surface area contributed by atoms with Gasteiger partial charge in [-0.05, 0) is 26.2 Å². The largest absolute Gasteiger partial charge is 0.356 e. The summed E-state index contributed by atoms with van der Waals surface area (Å²) in [5, 5.41) is 6.41. The lowest BCUT2D eigenvalue weighted by Gasteiger charge is -2.26. The van der Waals surface area contributed by atoms with Crippen molar-refractivity contribution in [2.24, 2.45) is 5.92 Å². The van der Waals surface area contributed by atoms with Crippen LogP contribution in [0.4, 0.5) is 0 Å². The summed E-state index contributed by atoms with van der Waals surface area (Å²) in [5.41, 5.74) is 0. The van der Waals surface area contributed by atoms with Gasteiger partial charge in [-0.3, -0.25) is 4.79 Å². The molecule has 1 aliphatic rings. The molecule has 1 fully saturated rings. The molecule has 2 unspecified atom stereocenters. The van der Waals surface area contributed by atoms with Crippen molar-refractivity contribution in [1.29, 1.82) is 0 Å². The predicted molar refractivity (Wildman–Crippen MR) is 67.3 cm³/mol. The Hall–Kier alpha value is -0.570. The molecule has 0 aliphatic carbocycles. The van der Waals surface area contributed by atoms with Gasteiger partial charge in [0, 0.05) is 19.1 Å². The van der Waals surface area contributed by atoms with Gasteiger partial charge in [-0.1, -0.05) is 26.2 Å². The van der Waals surface area contributed by atoms with E-state index in [1.807, 2.05) is 0 Å². The van der Waals surface area contributed by atoms with Crippen molar-refractivity contribution in [3.8, 4) is 0 Å². The smallest absolute Gasteiger partial charge is 0.224 e. The first kappa shape index (κ1) is 13.5. The van der Waals surface area contributed by atoms with Crippen molar-refractivity contribution >= 4 is 5.91 Å². The number of piperidine rings is 1. The minimum absolute atomic E-state index is 0.197. The highest BCUT2D eigenvalue weighted by Gasteiger charge is 2.23. The van der Waals surface area contributed by atoms with Crippen molar-refractivity contribution in [3.05, 3.63) is 0 Å². The highest BCUT2D eigenvalue weighted by Crippen LogP contribution is 2.13. The fraction of sp³-hybridized carbons (Fsp3) is 0.923. The van der Waals surface area contributed by atoms with E-state index in [0.29, 0.717) is 6.04 Å². The maximum Gasteiger partial charge on any atom is 0.224 e. The van der Waals surface area contributed by atoms with E-state index in [9.17, 15) is 4.79 Å². The molecule has 2 atom stereocenters. The first-order valence-electron chi connectivity index (χ1n) is 6.75. The van der Waals surface area contributed by atoms with Crippen molar-refractivity contribution in [2.45, 2.75) is 58.4 Å². The number of hydrogen-bond acceptors (Lipinski definition) is 2. The van der Waals surface area contributed by atoms with Gasteiger partial charge in [0.2, 0.25) is 5.91 Å². The summed E-state index contributed by atoms with van der Waals surface area (Å²) >= 11 is 0. The number of carbonyl (C=O) groups excluding carboxylic acids is 1. The summed E-state index contributed by atoms with van der Waals surface area (Å²) in [7, 11) is 0. The van der Waals surface area contributed by atoms with Crippen LogP contribution < -0.4 is 10.6 Å². The van der Waals surface area contributed by atoms with Gasteiger partial charge in [0.25, 0.3) is 0 Å². The molecule has 1 amide bonds. The Kier molecular flexibility index (Phi) is 6.46. The van der Waals surface area contributed by atoms with E-state index in [1.165, 1.54) is 19.3 Å². The Bertz CT molecular complexity index is 198. The average Bonchev–Trinajstić information content (AvgIpc) is 2.29. The third kappa shape index (κ3) is 4.97. The average molecular weight is 226 g/mol. The van der Waals surface area contributed by atoms with Gasteiger partial charge in [-0.15, -0.1) is 0 Å². The molecular formula is C13H26N2O. The summed E-state index contributed by atoms with van der Waals surface area (Å²) in [6.07, 6.45) is 7.03. The fourth-order valence-electron chi connectivity index (χ4n) is 2.13. The van der Waals surface area contributed by atoms with Crippen LogP contribution in [0.25, 0.3) is 0 Å². The molecule has 3 nitrogen and oxygen atoms in total. The van der Waals surface area contributed by atoms with Crippen LogP contribution in [0.5, 0.6) is 0 Å². The van der Waals surface area contributed by atoms with E-state index < -0.39 is 0 Å². The molecule has 94 valence electrons. The molecular weight excluding hydrogens is 200 g/mol. The van der Waals surface area contributed by atoms with Crippen molar-refractivity contribution in [2.75, 3.05) is 13.1 Å². The third-order valence-corrected chi connectivity index (χ3v) is 3.36. The topological polar surface area (TPSA) is 41.1 Å². The molecule has 1 aliphatic heterocycles. The monoisotopic (exact) mass is 226 g/mol. The van der Waals surface area contributed by atoms with Gasteiger partial charge >= 0.3 is 0 Å². The maximum atomic E-state index is 11.8. The quantitative estimate of drug-likeness (QED) is 0.681. The molecule has 0 aromatic heterocycles. The minimum atomic E-state index is 0.197. The standard InChI is InChI=1S/C13H26N2O/c1-3-4-5-6-9-14-13(16)12-8-7-11(2)15-10-12/h11-12,15H,3-10H2,1-2H3,(H,14,16). The van der Waals surface area contributed by atoms with Crippen LogP contribution >= 0.6 is 0 Å². The van der Waals surface area contributed by atoms with Crippen molar-refractivity contribution in [1.82, 2.24) is 10.6 Å². The third-order valence-electron chi connectivity index (χ3n) is 3.36. The van der Waals surface area contributed by atoms with E-state index in [4.69, 9.17) is 0 Å². The van der Waals surface area contributed by atoms with Gasteiger partial charge in [0.1, 0.15) is 0 Å². The van der Waals surface area contributed by atoms with Crippen LogP contribution in [-0.4, -0.2) is 25.0 Å². The fourth-order valence-corrected chi connectivity index (χ4v) is 2.13. The second-order valence-corrected chi connectivity index (χ2v) is 4.94. The molecule has 16 heavy (non-hydrogen) atoms. The van der Waals surface area contributed by atoms with Crippen molar-refractivity contribution in [3.63, 3.8) is 0 Å². The first-order chi connectivity index (χ1) is 7.74. The lowest BCUT2D eigenvalue weighted by molar-refractivity contribution is -0.125. The van der Waals surface area contributed by atoms with E-state index in [-0.39, 0.29) is 11.8 Å². The van der Waals surface area contributed by atoms with E-state index in [0.717, 1.165) is 32.4 Å². The van der Waals surface area contributed by atoms with Crippen LogP contribution in [0.1, 0.15) is 52.4 Å². The Labute approximate surface area is 99.4 Å². The van der Waals surface area contributed by atoms with Crippen molar-refractivity contribution < 1.29 is 4.79 Å². The molecule has 1 rings (SSSR count). The Morgan fingerprint density at radius 1 is 1.31 bits per heavy atom. The summed E-state index contributed by atoms with van der Waals surface area (Å²) in [4.78, 5) is 11.8. The normalized spacial score (nSPS) is 25.4. The highest BCUT2D eigenvalue weighted by molar-refractivity contribution is 5.78. The minimum Gasteiger partial charge on any atom is -0.356 e. The molecule has 1 heterocycles. The SMILES string of the molecule is CCCCCCNC(=O)C1CCC(C)NC1. The zero-order chi connectivity index (χ0) is 11.8. The van der Waals surface area contributed by atoms with Gasteiger partial charge in [-0.25, -0.2) is 0 Å². The van der Waals surface area contributed by atoms with E-state index >= 15 is 0 Å². The molecule has 0 aromatic carbocycles. The summed E-state index contributed by atoms with van der Waals surface area (Å²) in [5.74, 6) is 0.443. The van der Waals surface area contributed by atoms with Gasteiger partial charge in [0.05, 0.1) is 5.92 Å². The number of hydrogen-bond donors (Lipinski definition) is 2. The Morgan fingerprint density at radius 3 is 2.75 bits per heavy atom. The Balaban J connectivity index is 2.06. The second kappa shape index (κ2) is 7.66. The lowest BCUT2D eigenvalue weighted by Crippen LogP contribution is -2.44. The molecule has 0 saturated carbocycles. The van der Waals surface area contributed by atoms with Crippen LogP contribution in [-0.2, 0) is 4.79 Å². The first-order valence-corrected chi connectivity index (χ1v) is 6.75. The number of unbranched alkanes of at least 4 members (excludes halogenated alkanes) is 3. The number of carbonyl (C=O) groups is 1. The van der Waals surface area contributed by atoms with Gasteiger partial charge in [0.15, 0.2) is 0 Å². The second-order valence-electron chi connectivity index (χ2n) is 4.94. The number of rotatable bonds is 6. The van der Waals surface area contributed by atoms with Crippen LogP contribution in [0.15, 0.2) is 0 Å². The highest BCUT2D eigenvalue weighted by atomic mass is 16.1.